The van der Waals surface area contributed by atoms with Crippen LogP contribution in [0.3, 0.4) is 0 Å². The van der Waals surface area contributed by atoms with E-state index in [2.05, 4.69) is 19.2 Å². The molecule has 0 saturated heterocycles. The highest BCUT2D eigenvalue weighted by atomic mass is 14.9. The minimum absolute atomic E-state index is 0.623. The summed E-state index contributed by atoms with van der Waals surface area (Å²) in [5.41, 5.74) is 3.81. The molecule has 0 aromatic carbocycles. The van der Waals surface area contributed by atoms with Crippen molar-refractivity contribution in [2.75, 3.05) is 6.54 Å². The van der Waals surface area contributed by atoms with Crippen molar-refractivity contribution in [2.45, 2.75) is 77.2 Å². The lowest BCUT2D eigenvalue weighted by Gasteiger charge is -2.14. The number of rotatable bonds is 6. The molecule has 110 valence electrons. The summed E-state index contributed by atoms with van der Waals surface area (Å²) in [6.07, 6.45) is 10.3. The van der Waals surface area contributed by atoms with Crippen LogP contribution in [0.15, 0.2) is 0 Å². The SMILES string of the molecule is Cc1nc(C2CCCC2)nc(C)c1CCCNC1CC1. The molecule has 1 heterocycles. The zero-order valence-corrected chi connectivity index (χ0v) is 12.9. The molecule has 3 rings (SSSR count). The zero-order valence-electron chi connectivity index (χ0n) is 12.9. The van der Waals surface area contributed by atoms with Gasteiger partial charge in [-0.2, -0.15) is 0 Å². The topological polar surface area (TPSA) is 37.8 Å². The molecule has 0 amide bonds. The molecular weight excluding hydrogens is 246 g/mol. The van der Waals surface area contributed by atoms with Crippen molar-refractivity contribution < 1.29 is 0 Å². The molecule has 3 heteroatoms. The van der Waals surface area contributed by atoms with E-state index in [4.69, 9.17) is 9.97 Å². The molecule has 1 N–H and O–H groups in total. The maximum Gasteiger partial charge on any atom is 0.131 e. The van der Waals surface area contributed by atoms with E-state index in [-0.39, 0.29) is 0 Å². The number of aryl methyl sites for hydroxylation is 2. The molecule has 0 aliphatic heterocycles. The Balaban J connectivity index is 1.61. The molecule has 1 aromatic rings. The van der Waals surface area contributed by atoms with Crippen LogP contribution in [-0.4, -0.2) is 22.6 Å². The van der Waals surface area contributed by atoms with Gasteiger partial charge < -0.3 is 5.32 Å². The van der Waals surface area contributed by atoms with E-state index in [1.165, 1.54) is 61.9 Å². The van der Waals surface area contributed by atoms with Crippen molar-refractivity contribution in [3.8, 4) is 0 Å². The van der Waals surface area contributed by atoms with E-state index in [1.54, 1.807) is 0 Å². The lowest BCUT2D eigenvalue weighted by atomic mass is 10.0. The molecule has 0 radical (unpaired) electrons. The summed E-state index contributed by atoms with van der Waals surface area (Å²) in [6, 6.07) is 0.818. The molecule has 0 spiro atoms. The first-order valence-corrected chi connectivity index (χ1v) is 8.31. The number of nitrogens with zero attached hydrogens (tertiary/aromatic N) is 2. The van der Waals surface area contributed by atoms with E-state index in [0.29, 0.717) is 5.92 Å². The quantitative estimate of drug-likeness (QED) is 0.807. The fraction of sp³-hybridized carbons (Fsp3) is 0.765. The third kappa shape index (κ3) is 3.38. The normalized spacial score (nSPS) is 19.7. The van der Waals surface area contributed by atoms with Crippen molar-refractivity contribution in [2.24, 2.45) is 0 Å². The van der Waals surface area contributed by atoms with Crippen LogP contribution in [-0.2, 0) is 6.42 Å². The van der Waals surface area contributed by atoms with Crippen LogP contribution >= 0.6 is 0 Å². The van der Waals surface area contributed by atoms with E-state index < -0.39 is 0 Å². The first-order valence-electron chi connectivity index (χ1n) is 8.31. The Bertz CT molecular complexity index is 436. The monoisotopic (exact) mass is 273 g/mol. The number of nitrogens with one attached hydrogen (secondary N) is 1. The van der Waals surface area contributed by atoms with Crippen LogP contribution in [0.4, 0.5) is 0 Å². The average Bonchev–Trinajstić information content (AvgIpc) is 3.08. The van der Waals surface area contributed by atoms with Crippen molar-refractivity contribution in [1.29, 1.82) is 0 Å². The summed E-state index contributed by atoms with van der Waals surface area (Å²) in [7, 11) is 0. The highest BCUT2D eigenvalue weighted by Crippen LogP contribution is 2.32. The van der Waals surface area contributed by atoms with E-state index in [0.717, 1.165) is 24.8 Å². The van der Waals surface area contributed by atoms with Gasteiger partial charge in [-0.25, -0.2) is 9.97 Å². The summed E-state index contributed by atoms with van der Waals surface area (Å²) in [5.74, 6) is 1.73. The van der Waals surface area contributed by atoms with Crippen LogP contribution in [0.25, 0.3) is 0 Å². The predicted octanol–water partition coefficient (Wildman–Crippen LogP) is 3.44. The Kier molecular flexibility index (Phi) is 4.35. The van der Waals surface area contributed by atoms with Gasteiger partial charge >= 0.3 is 0 Å². The van der Waals surface area contributed by atoms with Gasteiger partial charge in [-0.05, 0) is 64.5 Å². The first kappa shape index (κ1) is 14.0. The van der Waals surface area contributed by atoms with Crippen LogP contribution < -0.4 is 5.32 Å². The zero-order chi connectivity index (χ0) is 13.9. The highest BCUT2D eigenvalue weighted by molar-refractivity contribution is 5.25. The second kappa shape index (κ2) is 6.21. The molecule has 2 saturated carbocycles. The Morgan fingerprint density at radius 3 is 2.25 bits per heavy atom. The highest BCUT2D eigenvalue weighted by Gasteiger charge is 2.22. The smallest absolute Gasteiger partial charge is 0.131 e. The van der Waals surface area contributed by atoms with Crippen molar-refractivity contribution in [3.05, 3.63) is 22.8 Å². The third-order valence-electron chi connectivity index (χ3n) is 4.77. The summed E-state index contributed by atoms with van der Waals surface area (Å²) in [4.78, 5) is 9.62. The largest absolute Gasteiger partial charge is 0.314 e. The summed E-state index contributed by atoms with van der Waals surface area (Å²) in [6.45, 7) is 5.46. The Hall–Kier alpha value is -0.960. The van der Waals surface area contributed by atoms with E-state index >= 15 is 0 Å². The van der Waals surface area contributed by atoms with Crippen LogP contribution in [0.1, 0.15) is 73.6 Å². The van der Waals surface area contributed by atoms with Gasteiger partial charge in [0.15, 0.2) is 0 Å². The lowest BCUT2D eigenvalue weighted by Crippen LogP contribution is -2.18. The molecule has 0 bridgehead atoms. The van der Waals surface area contributed by atoms with Gasteiger partial charge in [0.25, 0.3) is 0 Å². The molecule has 2 fully saturated rings. The Morgan fingerprint density at radius 1 is 1.00 bits per heavy atom. The van der Waals surface area contributed by atoms with E-state index in [1.807, 2.05) is 0 Å². The summed E-state index contributed by atoms with van der Waals surface area (Å²) >= 11 is 0. The molecule has 20 heavy (non-hydrogen) atoms. The van der Waals surface area contributed by atoms with E-state index in [9.17, 15) is 0 Å². The molecule has 3 nitrogen and oxygen atoms in total. The number of hydrogen-bond donors (Lipinski definition) is 1. The minimum Gasteiger partial charge on any atom is -0.314 e. The first-order chi connectivity index (χ1) is 9.74. The standard InChI is InChI=1S/C17H27N3/c1-12-16(8-5-11-18-15-9-10-15)13(2)20-17(19-12)14-6-3-4-7-14/h14-15,18H,3-11H2,1-2H3. The van der Waals surface area contributed by atoms with Gasteiger partial charge in [-0.3, -0.25) is 0 Å². The molecule has 2 aliphatic rings. The number of aromatic nitrogens is 2. The average molecular weight is 273 g/mol. The minimum atomic E-state index is 0.623. The fourth-order valence-corrected chi connectivity index (χ4v) is 3.35. The fourth-order valence-electron chi connectivity index (χ4n) is 3.35. The van der Waals surface area contributed by atoms with Gasteiger partial charge in [-0.15, -0.1) is 0 Å². The van der Waals surface area contributed by atoms with Crippen molar-refractivity contribution >= 4 is 0 Å². The second-order valence-electron chi connectivity index (χ2n) is 6.54. The molecule has 2 aliphatic carbocycles. The van der Waals surface area contributed by atoms with Crippen LogP contribution in [0.2, 0.25) is 0 Å². The lowest BCUT2D eigenvalue weighted by molar-refractivity contribution is 0.631. The molecule has 0 atom stereocenters. The Labute approximate surface area is 122 Å². The summed E-state index contributed by atoms with van der Waals surface area (Å²) in [5, 5.41) is 3.58. The number of hydrogen-bond acceptors (Lipinski definition) is 3. The van der Waals surface area contributed by atoms with Crippen molar-refractivity contribution in [1.82, 2.24) is 15.3 Å². The summed E-state index contributed by atoms with van der Waals surface area (Å²) < 4.78 is 0. The van der Waals surface area contributed by atoms with Gasteiger partial charge in [0.05, 0.1) is 0 Å². The molecular formula is C17H27N3. The maximum absolute atomic E-state index is 4.81. The van der Waals surface area contributed by atoms with Crippen molar-refractivity contribution in [3.63, 3.8) is 0 Å². The van der Waals surface area contributed by atoms with Gasteiger partial charge in [0.2, 0.25) is 0 Å². The Morgan fingerprint density at radius 2 is 1.65 bits per heavy atom. The van der Waals surface area contributed by atoms with Crippen LogP contribution in [0.5, 0.6) is 0 Å². The molecule has 0 unspecified atom stereocenters. The van der Waals surface area contributed by atoms with Gasteiger partial charge in [0, 0.05) is 23.3 Å². The van der Waals surface area contributed by atoms with Crippen LogP contribution in [0, 0.1) is 13.8 Å². The molecule has 1 aromatic heterocycles. The van der Waals surface area contributed by atoms with Gasteiger partial charge in [-0.1, -0.05) is 12.8 Å². The third-order valence-corrected chi connectivity index (χ3v) is 4.77. The maximum atomic E-state index is 4.81. The second-order valence-corrected chi connectivity index (χ2v) is 6.54. The predicted molar refractivity (Wildman–Crippen MR) is 82.1 cm³/mol. The van der Waals surface area contributed by atoms with Gasteiger partial charge in [0.1, 0.15) is 5.82 Å².